The van der Waals surface area contributed by atoms with E-state index in [0.29, 0.717) is 18.6 Å². The van der Waals surface area contributed by atoms with Gasteiger partial charge in [0.1, 0.15) is 5.78 Å². The normalized spacial score (nSPS) is 10.9. The van der Waals surface area contributed by atoms with Gasteiger partial charge in [0.15, 0.2) is 0 Å². The van der Waals surface area contributed by atoms with Crippen LogP contribution in [0.1, 0.15) is 18.4 Å². The fraction of sp³-hybridized carbons (Fsp3) is 0.533. The first-order chi connectivity index (χ1) is 9.18. The molecule has 0 unspecified atom stereocenters. The summed E-state index contributed by atoms with van der Waals surface area (Å²) >= 11 is 0. The Hall–Kier alpha value is -0.450. The Morgan fingerprint density at radius 2 is 1.79 bits per heavy atom. The first-order valence-corrected chi connectivity index (χ1v) is 9.12. The van der Waals surface area contributed by atoms with Gasteiger partial charge in [0.2, 0.25) is 0 Å². The molecule has 19 heavy (non-hydrogen) atoms. The molecule has 2 nitrogen and oxygen atoms in total. The van der Waals surface area contributed by atoms with Gasteiger partial charge in [-0.2, -0.15) is 0 Å². The van der Waals surface area contributed by atoms with Crippen molar-refractivity contribution in [3.63, 3.8) is 0 Å². The number of hydrogen-bond acceptors (Lipinski definition) is 4. The van der Waals surface area contributed by atoms with Crippen LogP contribution in [0.4, 0.5) is 0 Å². The molecule has 0 aliphatic carbocycles. The minimum atomic E-state index is 0.352. The van der Waals surface area contributed by atoms with E-state index in [9.17, 15) is 4.79 Å². The molecule has 0 aliphatic heterocycles. The maximum Gasteiger partial charge on any atom is 0.137 e. The third kappa shape index (κ3) is 9.14. The van der Waals surface area contributed by atoms with Gasteiger partial charge in [-0.25, -0.2) is 0 Å². The van der Waals surface area contributed by atoms with Gasteiger partial charge in [0.25, 0.3) is 0 Å². The van der Waals surface area contributed by atoms with Crippen molar-refractivity contribution in [3.05, 3.63) is 35.9 Å². The highest BCUT2D eigenvalue weighted by molar-refractivity contribution is 8.76. The van der Waals surface area contributed by atoms with E-state index in [1.165, 1.54) is 0 Å². The first-order valence-electron chi connectivity index (χ1n) is 6.63. The van der Waals surface area contributed by atoms with Crippen molar-refractivity contribution in [1.82, 2.24) is 4.90 Å². The van der Waals surface area contributed by atoms with Crippen LogP contribution in [0.15, 0.2) is 30.3 Å². The first kappa shape index (κ1) is 16.6. The molecular weight excluding hydrogens is 274 g/mol. The molecule has 4 heteroatoms. The monoisotopic (exact) mass is 297 g/mol. The molecule has 106 valence electrons. The van der Waals surface area contributed by atoms with E-state index in [0.717, 1.165) is 30.0 Å². The van der Waals surface area contributed by atoms with Crippen molar-refractivity contribution in [2.45, 2.75) is 19.3 Å². The predicted octanol–water partition coefficient (Wildman–Crippen LogP) is 3.52. The molecule has 1 rings (SSSR count). The molecule has 0 amide bonds. The topological polar surface area (TPSA) is 20.3 Å². The molecule has 0 atom stereocenters. The van der Waals surface area contributed by atoms with Gasteiger partial charge >= 0.3 is 0 Å². The van der Waals surface area contributed by atoms with Crippen LogP contribution < -0.4 is 0 Å². The Morgan fingerprint density at radius 1 is 1.11 bits per heavy atom. The zero-order valence-corrected chi connectivity index (χ0v) is 13.4. The second-order valence-electron chi connectivity index (χ2n) is 4.75. The highest BCUT2D eigenvalue weighted by atomic mass is 33.1. The van der Waals surface area contributed by atoms with E-state index >= 15 is 0 Å². The quantitative estimate of drug-likeness (QED) is 0.486. The van der Waals surface area contributed by atoms with Crippen LogP contribution in [0, 0.1) is 0 Å². The van der Waals surface area contributed by atoms with Crippen LogP contribution in [0.3, 0.4) is 0 Å². The summed E-state index contributed by atoms with van der Waals surface area (Å²) in [5.41, 5.74) is 1.13. The summed E-state index contributed by atoms with van der Waals surface area (Å²) in [6.45, 7) is 1.12. The van der Waals surface area contributed by atoms with Crippen LogP contribution in [0.5, 0.6) is 0 Å². The number of carbonyl (C=O) groups excluding carboxylic acids is 1. The summed E-state index contributed by atoms with van der Waals surface area (Å²) in [6, 6.07) is 9.99. The lowest BCUT2D eigenvalue weighted by molar-refractivity contribution is -0.118. The highest BCUT2D eigenvalue weighted by Crippen LogP contribution is 2.22. The van der Waals surface area contributed by atoms with Gasteiger partial charge in [-0.1, -0.05) is 51.9 Å². The third-order valence-electron chi connectivity index (χ3n) is 2.63. The number of carbonyl (C=O) groups is 1. The van der Waals surface area contributed by atoms with E-state index in [1.54, 1.807) is 0 Å². The van der Waals surface area contributed by atoms with Gasteiger partial charge in [0.05, 0.1) is 0 Å². The molecule has 1 aromatic carbocycles. The molecule has 0 radical (unpaired) electrons. The Bertz CT molecular complexity index is 354. The van der Waals surface area contributed by atoms with E-state index in [2.05, 4.69) is 19.0 Å². The van der Waals surface area contributed by atoms with Gasteiger partial charge < -0.3 is 4.90 Å². The fourth-order valence-electron chi connectivity index (χ4n) is 1.58. The van der Waals surface area contributed by atoms with Crippen LogP contribution >= 0.6 is 21.6 Å². The number of hydrogen-bond donors (Lipinski definition) is 0. The van der Waals surface area contributed by atoms with Crippen molar-refractivity contribution >= 4 is 27.4 Å². The standard InChI is InChI=1S/C15H23NOS2/c1-16(2)10-12-19-18-11-6-9-15(17)13-14-7-4-3-5-8-14/h3-5,7-8H,6,9-13H2,1-2H3. The maximum absolute atomic E-state index is 11.8. The Balaban J connectivity index is 1.99. The maximum atomic E-state index is 11.8. The lowest BCUT2D eigenvalue weighted by Gasteiger charge is -2.07. The Kier molecular flexibility index (Phi) is 9.05. The zero-order chi connectivity index (χ0) is 13.9. The molecule has 0 bridgehead atoms. The van der Waals surface area contributed by atoms with E-state index < -0.39 is 0 Å². The third-order valence-corrected chi connectivity index (χ3v) is 5.10. The molecular formula is C15H23NOS2. The molecule has 0 spiro atoms. The fourth-order valence-corrected chi connectivity index (χ4v) is 3.80. The van der Waals surface area contributed by atoms with Crippen LogP contribution in [0.25, 0.3) is 0 Å². The van der Waals surface area contributed by atoms with Crippen LogP contribution in [-0.4, -0.2) is 42.8 Å². The highest BCUT2D eigenvalue weighted by Gasteiger charge is 2.03. The molecule has 0 heterocycles. The number of nitrogens with zero attached hydrogens (tertiary/aromatic N) is 1. The Morgan fingerprint density at radius 3 is 2.47 bits per heavy atom. The number of benzene rings is 1. The molecule has 0 fully saturated rings. The number of Topliss-reactive ketones (excluding diaryl/α,β-unsaturated/α-hetero) is 1. The second-order valence-corrected chi connectivity index (χ2v) is 7.45. The summed E-state index contributed by atoms with van der Waals surface area (Å²) in [4.78, 5) is 14.0. The minimum Gasteiger partial charge on any atom is -0.309 e. The predicted molar refractivity (Wildman–Crippen MR) is 87.9 cm³/mol. The summed E-state index contributed by atoms with van der Waals surface area (Å²) in [5, 5.41) is 0. The van der Waals surface area contributed by atoms with E-state index in [1.807, 2.05) is 51.9 Å². The lowest BCUT2D eigenvalue weighted by atomic mass is 10.1. The van der Waals surface area contributed by atoms with Gasteiger partial charge in [0, 0.05) is 30.9 Å². The Labute approximate surface area is 124 Å². The summed E-state index contributed by atoms with van der Waals surface area (Å²) in [7, 11) is 7.96. The van der Waals surface area contributed by atoms with Crippen molar-refractivity contribution in [1.29, 1.82) is 0 Å². The largest absolute Gasteiger partial charge is 0.309 e. The van der Waals surface area contributed by atoms with Gasteiger partial charge in [-0.3, -0.25) is 4.79 Å². The van der Waals surface area contributed by atoms with Crippen molar-refractivity contribution in [2.24, 2.45) is 0 Å². The second kappa shape index (κ2) is 10.4. The SMILES string of the molecule is CN(C)CCSSCCCC(=O)Cc1ccccc1. The van der Waals surface area contributed by atoms with Crippen molar-refractivity contribution in [2.75, 3.05) is 32.1 Å². The lowest BCUT2D eigenvalue weighted by Crippen LogP contribution is -2.14. The molecule has 0 saturated heterocycles. The minimum absolute atomic E-state index is 0.352. The van der Waals surface area contributed by atoms with Gasteiger partial charge in [-0.15, -0.1) is 0 Å². The summed E-state index contributed by atoms with van der Waals surface area (Å²) in [6.07, 6.45) is 2.28. The van der Waals surface area contributed by atoms with Crippen molar-refractivity contribution < 1.29 is 4.79 Å². The van der Waals surface area contributed by atoms with E-state index in [-0.39, 0.29) is 0 Å². The number of ketones is 1. The zero-order valence-electron chi connectivity index (χ0n) is 11.8. The average Bonchev–Trinajstić information content (AvgIpc) is 2.38. The molecule has 0 aliphatic rings. The van der Waals surface area contributed by atoms with Crippen molar-refractivity contribution in [3.8, 4) is 0 Å². The molecule has 0 aromatic heterocycles. The smallest absolute Gasteiger partial charge is 0.137 e. The van der Waals surface area contributed by atoms with E-state index in [4.69, 9.17) is 0 Å². The summed E-state index contributed by atoms with van der Waals surface area (Å²) in [5.74, 6) is 2.57. The summed E-state index contributed by atoms with van der Waals surface area (Å²) < 4.78 is 0. The van der Waals surface area contributed by atoms with Crippen LogP contribution in [0.2, 0.25) is 0 Å². The average molecular weight is 297 g/mol. The molecule has 1 aromatic rings. The molecule has 0 N–H and O–H groups in total. The number of rotatable bonds is 10. The molecule has 0 saturated carbocycles. The van der Waals surface area contributed by atoms with Crippen LogP contribution in [-0.2, 0) is 11.2 Å². The van der Waals surface area contributed by atoms with Gasteiger partial charge in [-0.05, 0) is 26.1 Å².